The first-order valence-electron chi connectivity index (χ1n) is 5.37. The molecule has 0 aromatic rings. The van der Waals surface area contributed by atoms with Crippen LogP contribution in [0.15, 0.2) is 17.8 Å². The summed E-state index contributed by atoms with van der Waals surface area (Å²) in [6.45, 7) is 12.1. The Kier molecular flexibility index (Phi) is 14.5. The number of hydrogen-bond acceptors (Lipinski definition) is 4. The van der Waals surface area contributed by atoms with Gasteiger partial charge in [-0.2, -0.15) is 5.10 Å². The second-order valence-corrected chi connectivity index (χ2v) is 2.73. The van der Waals surface area contributed by atoms with Crippen molar-refractivity contribution in [2.45, 2.75) is 20.8 Å². The third kappa shape index (κ3) is 13.1. The largest absolute Gasteiger partial charge is 0.378 e. The van der Waals surface area contributed by atoms with Crippen molar-refractivity contribution in [3.05, 3.63) is 12.7 Å². The van der Waals surface area contributed by atoms with Gasteiger partial charge in [0.25, 0.3) is 0 Å². The van der Waals surface area contributed by atoms with Crippen LogP contribution >= 0.6 is 0 Å². The van der Waals surface area contributed by atoms with Gasteiger partial charge >= 0.3 is 0 Å². The number of ether oxygens (including phenoxy) is 1. The molecule has 0 radical (unpaired) electrons. The molecule has 0 saturated heterocycles. The molecular formula is C11H25N3O. The fourth-order valence-corrected chi connectivity index (χ4v) is 0.742. The summed E-state index contributed by atoms with van der Waals surface area (Å²) in [7, 11) is 1.90. The van der Waals surface area contributed by atoms with Crippen molar-refractivity contribution in [1.82, 2.24) is 5.01 Å². The van der Waals surface area contributed by atoms with Gasteiger partial charge in [-0.3, -0.25) is 5.01 Å². The topological polar surface area (TPSA) is 50.8 Å². The highest BCUT2D eigenvalue weighted by molar-refractivity contribution is 5.91. The average molecular weight is 215 g/mol. The predicted molar refractivity (Wildman–Crippen MR) is 67.2 cm³/mol. The van der Waals surface area contributed by atoms with Gasteiger partial charge in [-0.05, 0) is 13.0 Å². The second-order valence-electron chi connectivity index (χ2n) is 2.73. The van der Waals surface area contributed by atoms with E-state index in [1.807, 2.05) is 32.8 Å². The van der Waals surface area contributed by atoms with Crippen molar-refractivity contribution in [3.8, 4) is 0 Å². The van der Waals surface area contributed by atoms with Crippen LogP contribution in [0.3, 0.4) is 0 Å². The molecule has 0 amide bonds. The average Bonchev–Trinajstić information content (AvgIpc) is 2.27. The van der Waals surface area contributed by atoms with E-state index in [4.69, 9.17) is 10.5 Å². The first-order valence-corrected chi connectivity index (χ1v) is 5.37. The van der Waals surface area contributed by atoms with E-state index in [1.54, 1.807) is 6.08 Å². The van der Waals surface area contributed by atoms with E-state index in [0.29, 0.717) is 19.8 Å². The molecule has 4 heteroatoms. The monoisotopic (exact) mass is 215 g/mol. The molecule has 90 valence electrons. The van der Waals surface area contributed by atoms with Gasteiger partial charge in [0, 0.05) is 13.6 Å². The number of allylic oxidation sites excluding steroid dienone is 1. The van der Waals surface area contributed by atoms with Crippen LogP contribution in [0, 0.1) is 0 Å². The molecule has 0 aliphatic rings. The molecule has 0 aromatic heterocycles. The van der Waals surface area contributed by atoms with Crippen molar-refractivity contribution >= 4 is 5.71 Å². The number of hydrogen-bond donors (Lipinski definition) is 1. The fourth-order valence-electron chi connectivity index (χ4n) is 0.742. The van der Waals surface area contributed by atoms with Crippen molar-refractivity contribution in [3.63, 3.8) is 0 Å². The molecule has 0 atom stereocenters. The molecule has 4 nitrogen and oxygen atoms in total. The molecule has 0 aromatic carbocycles. The highest BCUT2D eigenvalue weighted by Crippen LogP contribution is 1.87. The van der Waals surface area contributed by atoms with E-state index in [1.165, 1.54) is 0 Å². The van der Waals surface area contributed by atoms with Crippen LogP contribution < -0.4 is 5.73 Å². The standard InChI is InChI=1S/C9H19N3O.C2H6/c1-4-9(2)11-12(3)6-8-13-7-5-10;1-2/h4H,1,5-8,10H2,2-3H3;1-2H3/b11-9-;. The van der Waals surface area contributed by atoms with Crippen molar-refractivity contribution in [2.24, 2.45) is 10.8 Å². The van der Waals surface area contributed by atoms with Gasteiger partial charge in [0.15, 0.2) is 0 Å². The quantitative estimate of drug-likeness (QED) is 0.397. The number of nitrogens with zero attached hydrogens (tertiary/aromatic N) is 2. The van der Waals surface area contributed by atoms with Crippen LogP contribution in [0.25, 0.3) is 0 Å². The van der Waals surface area contributed by atoms with Crippen LogP contribution in [0.5, 0.6) is 0 Å². The summed E-state index contributed by atoms with van der Waals surface area (Å²) in [5.74, 6) is 0. The second kappa shape index (κ2) is 13.1. The number of likely N-dealkylation sites (N-methyl/N-ethyl adjacent to an activating group) is 1. The van der Waals surface area contributed by atoms with E-state index in [-0.39, 0.29) is 0 Å². The maximum absolute atomic E-state index is 5.27. The fraction of sp³-hybridized carbons (Fsp3) is 0.727. The Balaban J connectivity index is 0. The SMILES string of the molecule is C=C/C(C)=N\N(C)CCOCCN.CC. The highest BCUT2D eigenvalue weighted by atomic mass is 16.5. The summed E-state index contributed by atoms with van der Waals surface area (Å²) in [5, 5.41) is 6.04. The molecule has 2 N–H and O–H groups in total. The Hall–Kier alpha value is -0.870. The van der Waals surface area contributed by atoms with Crippen LogP contribution in [0.4, 0.5) is 0 Å². The zero-order chi connectivity index (χ0) is 12.1. The predicted octanol–water partition coefficient (Wildman–Crippen LogP) is 1.48. The zero-order valence-electron chi connectivity index (χ0n) is 10.5. The Labute approximate surface area is 93.8 Å². The lowest BCUT2D eigenvalue weighted by molar-refractivity contribution is 0.118. The minimum Gasteiger partial charge on any atom is -0.378 e. The first-order chi connectivity index (χ1) is 7.20. The molecule has 0 aliphatic heterocycles. The normalized spacial score (nSPS) is 10.3. The van der Waals surface area contributed by atoms with E-state index in [9.17, 15) is 0 Å². The third-order valence-corrected chi connectivity index (χ3v) is 1.45. The Morgan fingerprint density at radius 3 is 2.53 bits per heavy atom. The lowest BCUT2D eigenvalue weighted by Gasteiger charge is -2.13. The molecule has 0 saturated carbocycles. The van der Waals surface area contributed by atoms with Gasteiger partial charge in [0.1, 0.15) is 0 Å². The van der Waals surface area contributed by atoms with E-state index >= 15 is 0 Å². The Bertz CT molecular complexity index is 169. The lowest BCUT2D eigenvalue weighted by atomic mass is 10.4. The van der Waals surface area contributed by atoms with Gasteiger partial charge in [-0.1, -0.05) is 20.4 Å². The van der Waals surface area contributed by atoms with Crippen LogP contribution in [0.1, 0.15) is 20.8 Å². The summed E-state index contributed by atoms with van der Waals surface area (Å²) in [6, 6.07) is 0. The molecule has 0 bridgehead atoms. The zero-order valence-corrected chi connectivity index (χ0v) is 10.5. The Morgan fingerprint density at radius 2 is 2.07 bits per heavy atom. The number of nitrogens with two attached hydrogens (primary N) is 1. The van der Waals surface area contributed by atoms with E-state index in [2.05, 4.69) is 11.7 Å². The van der Waals surface area contributed by atoms with Crippen LogP contribution in [0.2, 0.25) is 0 Å². The maximum Gasteiger partial charge on any atom is 0.0658 e. The Morgan fingerprint density at radius 1 is 1.47 bits per heavy atom. The van der Waals surface area contributed by atoms with Crippen molar-refractivity contribution in [1.29, 1.82) is 0 Å². The van der Waals surface area contributed by atoms with Crippen LogP contribution in [-0.4, -0.2) is 44.1 Å². The van der Waals surface area contributed by atoms with Crippen LogP contribution in [-0.2, 0) is 4.74 Å². The summed E-state index contributed by atoms with van der Waals surface area (Å²) in [6.07, 6.45) is 1.72. The summed E-state index contributed by atoms with van der Waals surface area (Å²) in [5.41, 5.74) is 6.17. The first kappa shape index (κ1) is 16.6. The van der Waals surface area contributed by atoms with Gasteiger partial charge in [0.05, 0.1) is 25.5 Å². The van der Waals surface area contributed by atoms with Gasteiger partial charge in [0.2, 0.25) is 0 Å². The van der Waals surface area contributed by atoms with Gasteiger partial charge in [-0.15, -0.1) is 0 Å². The minimum atomic E-state index is 0.568. The summed E-state index contributed by atoms with van der Waals surface area (Å²) >= 11 is 0. The molecule has 15 heavy (non-hydrogen) atoms. The minimum absolute atomic E-state index is 0.568. The summed E-state index contributed by atoms with van der Waals surface area (Å²) in [4.78, 5) is 0. The molecule has 0 unspecified atom stereocenters. The van der Waals surface area contributed by atoms with Crippen molar-refractivity contribution in [2.75, 3.05) is 33.4 Å². The smallest absolute Gasteiger partial charge is 0.0658 e. The van der Waals surface area contributed by atoms with Gasteiger partial charge in [-0.25, -0.2) is 0 Å². The lowest BCUT2D eigenvalue weighted by Crippen LogP contribution is -2.20. The molecule has 0 heterocycles. The van der Waals surface area contributed by atoms with E-state index in [0.717, 1.165) is 12.3 Å². The highest BCUT2D eigenvalue weighted by Gasteiger charge is 1.93. The molecular weight excluding hydrogens is 190 g/mol. The van der Waals surface area contributed by atoms with Crippen molar-refractivity contribution < 1.29 is 4.74 Å². The van der Waals surface area contributed by atoms with E-state index < -0.39 is 0 Å². The summed E-state index contributed by atoms with van der Waals surface area (Å²) < 4.78 is 5.21. The number of hydrazone groups is 1. The number of rotatable bonds is 7. The third-order valence-electron chi connectivity index (χ3n) is 1.45. The molecule has 0 spiro atoms. The maximum atomic E-state index is 5.27. The molecule has 0 rings (SSSR count). The van der Waals surface area contributed by atoms with Gasteiger partial charge < -0.3 is 10.5 Å². The molecule has 0 aliphatic carbocycles. The molecule has 0 fully saturated rings.